The van der Waals surface area contributed by atoms with Crippen LogP contribution in [0.1, 0.15) is 41.1 Å². The van der Waals surface area contributed by atoms with Crippen molar-refractivity contribution in [3.05, 3.63) is 130 Å². The topological polar surface area (TPSA) is 73.7 Å². The minimum Gasteiger partial charge on any atom is -0.497 e. The minimum absolute atomic E-state index is 0.191. The second kappa shape index (κ2) is 11.9. The van der Waals surface area contributed by atoms with Crippen LogP contribution < -0.4 is 15.0 Å². The monoisotopic (exact) mass is 533 g/mol. The Balaban J connectivity index is 1.75. The predicted octanol–water partition coefficient (Wildman–Crippen LogP) is 6.20. The van der Waals surface area contributed by atoms with Gasteiger partial charge in [0.05, 0.1) is 36.9 Å². The summed E-state index contributed by atoms with van der Waals surface area (Å²) < 4.78 is 12.6. The molecule has 0 radical (unpaired) electrons. The highest BCUT2D eigenvalue weighted by molar-refractivity contribution is 5.95. The van der Waals surface area contributed by atoms with E-state index in [9.17, 15) is 9.59 Å². The molecule has 5 aromatic rings. The number of hydrogen-bond donors (Lipinski definition) is 0. The molecule has 0 fully saturated rings. The summed E-state index contributed by atoms with van der Waals surface area (Å²) in [5, 5.41) is 0.487. The molecule has 4 aromatic carbocycles. The first-order chi connectivity index (χ1) is 19.5. The Kier molecular flexibility index (Phi) is 7.92. The van der Waals surface area contributed by atoms with E-state index in [-0.39, 0.29) is 11.5 Å². The van der Waals surface area contributed by atoms with Crippen molar-refractivity contribution in [2.24, 2.45) is 0 Å². The van der Waals surface area contributed by atoms with Gasteiger partial charge in [-0.25, -0.2) is 4.98 Å². The lowest BCUT2D eigenvalue weighted by molar-refractivity contribution is 0.0640. The van der Waals surface area contributed by atoms with Gasteiger partial charge in [-0.1, -0.05) is 67.6 Å². The lowest BCUT2D eigenvalue weighted by atomic mass is 10.1. The minimum atomic E-state index is -0.541. The van der Waals surface area contributed by atoms with Crippen LogP contribution in [-0.4, -0.2) is 34.6 Å². The molecule has 5 rings (SSSR count). The Morgan fingerprint density at radius 2 is 1.60 bits per heavy atom. The largest absolute Gasteiger partial charge is 0.497 e. The lowest BCUT2D eigenvalue weighted by Gasteiger charge is -2.33. The van der Waals surface area contributed by atoms with Crippen LogP contribution in [0, 0.1) is 0 Å². The molecule has 7 heteroatoms. The van der Waals surface area contributed by atoms with Gasteiger partial charge in [-0.15, -0.1) is 0 Å². The summed E-state index contributed by atoms with van der Waals surface area (Å²) in [4.78, 5) is 35.1. The highest BCUT2D eigenvalue weighted by Crippen LogP contribution is 2.32. The van der Waals surface area contributed by atoms with Gasteiger partial charge in [0.15, 0.2) is 0 Å². The summed E-state index contributed by atoms with van der Waals surface area (Å²) in [6.07, 6.45) is 0.516. The molecule has 0 saturated carbocycles. The maximum Gasteiger partial charge on any atom is 0.266 e. The first-order valence-electron chi connectivity index (χ1n) is 13.2. The maximum absolute atomic E-state index is 14.2. The molecule has 1 aromatic heterocycles. The fourth-order valence-electron chi connectivity index (χ4n) is 4.99. The first-order valence-corrected chi connectivity index (χ1v) is 13.2. The number of aromatic nitrogens is 2. The number of fused-ring (bicyclic) bond motifs is 1. The third kappa shape index (κ3) is 5.18. The lowest BCUT2D eigenvalue weighted by Crippen LogP contribution is -2.38. The fourth-order valence-corrected chi connectivity index (χ4v) is 4.99. The summed E-state index contributed by atoms with van der Waals surface area (Å²) in [5.41, 5.74) is 2.36. The summed E-state index contributed by atoms with van der Waals surface area (Å²) >= 11 is 0. The molecule has 0 aliphatic heterocycles. The van der Waals surface area contributed by atoms with E-state index in [4.69, 9.17) is 14.5 Å². The van der Waals surface area contributed by atoms with Gasteiger partial charge in [0.1, 0.15) is 17.3 Å². The van der Waals surface area contributed by atoms with E-state index in [0.29, 0.717) is 52.4 Å². The zero-order valence-electron chi connectivity index (χ0n) is 22.8. The van der Waals surface area contributed by atoms with Crippen LogP contribution in [0.25, 0.3) is 16.6 Å². The number of methoxy groups -OCH3 is 2. The molecule has 0 aliphatic rings. The molecule has 1 heterocycles. The molecular formula is C33H31N3O4. The van der Waals surface area contributed by atoms with Gasteiger partial charge in [-0.2, -0.15) is 0 Å². The smallest absolute Gasteiger partial charge is 0.266 e. The molecule has 0 N–H and O–H groups in total. The molecule has 7 nitrogen and oxygen atoms in total. The van der Waals surface area contributed by atoms with E-state index in [2.05, 4.69) is 0 Å². The van der Waals surface area contributed by atoms with E-state index in [1.807, 2.05) is 79.7 Å². The van der Waals surface area contributed by atoms with Gasteiger partial charge < -0.3 is 14.4 Å². The van der Waals surface area contributed by atoms with Crippen LogP contribution >= 0.6 is 0 Å². The van der Waals surface area contributed by atoms with Gasteiger partial charge in [-0.05, 0) is 54.4 Å². The number of amides is 1. The van der Waals surface area contributed by atoms with Crippen molar-refractivity contribution in [3.63, 3.8) is 0 Å². The highest BCUT2D eigenvalue weighted by Gasteiger charge is 2.31. The SMILES string of the molecule is CCC(c1nc2ccccc2c(=O)n1-c1ccccc1OC)N(Cc1ccccc1)C(=O)c1cccc(OC)c1. The van der Waals surface area contributed by atoms with Crippen LogP contribution in [0.4, 0.5) is 0 Å². The third-order valence-corrected chi connectivity index (χ3v) is 6.96. The average molecular weight is 534 g/mol. The first kappa shape index (κ1) is 26.7. The van der Waals surface area contributed by atoms with Crippen molar-refractivity contribution in [1.82, 2.24) is 14.5 Å². The van der Waals surface area contributed by atoms with Crippen molar-refractivity contribution in [3.8, 4) is 17.2 Å². The van der Waals surface area contributed by atoms with E-state index in [1.54, 1.807) is 54.0 Å². The number of hydrogen-bond acceptors (Lipinski definition) is 5. The number of ether oxygens (including phenoxy) is 2. The zero-order valence-corrected chi connectivity index (χ0v) is 22.8. The summed E-state index contributed by atoms with van der Waals surface area (Å²) in [6.45, 7) is 2.32. The second-order valence-electron chi connectivity index (χ2n) is 9.37. The van der Waals surface area contributed by atoms with Gasteiger partial charge in [-0.3, -0.25) is 14.2 Å². The molecule has 0 spiro atoms. The molecule has 0 bridgehead atoms. The zero-order chi connectivity index (χ0) is 28.1. The van der Waals surface area contributed by atoms with E-state index < -0.39 is 6.04 Å². The standard InChI is InChI=1S/C33H31N3O4/c1-4-28(35(22-23-13-6-5-7-14-23)32(37)24-15-12-16-25(21-24)39-2)31-34-27-18-9-8-17-26(27)33(38)36(31)29-19-10-11-20-30(29)40-3/h5-21,28H,4,22H2,1-3H3. The number of nitrogens with zero attached hydrogens (tertiary/aromatic N) is 3. The summed E-state index contributed by atoms with van der Waals surface area (Å²) in [7, 11) is 3.15. The van der Waals surface area contributed by atoms with Crippen LogP contribution in [0.2, 0.25) is 0 Å². The molecule has 1 unspecified atom stereocenters. The highest BCUT2D eigenvalue weighted by atomic mass is 16.5. The normalized spacial score (nSPS) is 11.7. The van der Waals surface area contributed by atoms with Crippen LogP contribution in [0.15, 0.2) is 108 Å². The number of para-hydroxylation sites is 3. The molecule has 1 atom stereocenters. The molecule has 0 aliphatic carbocycles. The van der Waals surface area contributed by atoms with Crippen molar-refractivity contribution < 1.29 is 14.3 Å². The van der Waals surface area contributed by atoms with Gasteiger partial charge >= 0.3 is 0 Å². The summed E-state index contributed by atoms with van der Waals surface area (Å²) in [5.74, 6) is 1.39. The Morgan fingerprint density at radius 3 is 2.35 bits per heavy atom. The van der Waals surface area contributed by atoms with E-state index in [1.165, 1.54) is 0 Å². The van der Waals surface area contributed by atoms with Gasteiger partial charge in [0.25, 0.3) is 11.5 Å². The Hall–Kier alpha value is -4.91. The Bertz CT molecular complexity index is 1700. The average Bonchev–Trinajstić information content (AvgIpc) is 3.01. The van der Waals surface area contributed by atoms with E-state index in [0.717, 1.165) is 5.56 Å². The van der Waals surface area contributed by atoms with Crippen LogP contribution in [0.3, 0.4) is 0 Å². The van der Waals surface area contributed by atoms with Crippen molar-refractivity contribution in [2.45, 2.75) is 25.9 Å². The molecule has 0 saturated heterocycles. The van der Waals surface area contributed by atoms with Gasteiger partial charge in [0, 0.05) is 12.1 Å². The Labute approximate surface area is 233 Å². The third-order valence-electron chi connectivity index (χ3n) is 6.96. The number of carbonyl (C=O) groups excluding carboxylic acids is 1. The Morgan fingerprint density at radius 1 is 0.875 bits per heavy atom. The molecule has 202 valence electrons. The van der Waals surface area contributed by atoms with Crippen molar-refractivity contribution >= 4 is 16.8 Å². The van der Waals surface area contributed by atoms with Crippen molar-refractivity contribution in [2.75, 3.05) is 14.2 Å². The quantitative estimate of drug-likeness (QED) is 0.226. The number of carbonyl (C=O) groups is 1. The molecule has 40 heavy (non-hydrogen) atoms. The van der Waals surface area contributed by atoms with Crippen LogP contribution in [0.5, 0.6) is 11.5 Å². The van der Waals surface area contributed by atoms with Crippen LogP contribution in [-0.2, 0) is 6.54 Å². The van der Waals surface area contributed by atoms with Gasteiger partial charge in [0.2, 0.25) is 0 Å². The summed E-state index contributed by atoms with van der Waals surface area (Å²) in [6, 6.07) is 31.0. The predicted molar refractivity (Wildman–Crippen MR) is 156 cm³/mol. The second-order valence-corrected chi connectivity index (χ2v) is 9.37. The molecule has 1 amide bonds. The fraction of sp³-hybridized carbons (Fsp3) is 0.182. The number of benzene rings is 4. The van der Waals surface area contributed by atoms with Crippen molar-refractivity contribution in [1.29, 1.82) is 0 Å². The number of rotatable bonds is 9. The molecular weight excluding hydrogens is 502 g/mol. The van der Waals surface area contributed by atoms with E-state index >= 15 is 0 Å². The maximum atomic E-state index is 14.2.